The van der Waals surface area contributed by atoms with E-state index in [-0.39, 0.29) is 37.2 Å². The summed E-state index contributed by atoms with van der Waals surface area (Å²) in [5.41, 5.74) is 1.98. The van der Waals surface area contributed by atoms with Gasteiger partial charge < -0.3 is 39.3 Å². The normalized spacial score (nSPS) is 17.0. The number of methoxy groups -OCH3 is 1. The second-order valence-electron chi connectivity index (χ2n) is 12.5. The Balaban J connectivity index is 1.38. The minimum absolute atomic E-state index is 0.0381. The molecule has 2 atom stereocenters. The van der Waals surface area contributed by atoms with Crippen molar-refractivity contribution in [2.24, 2.45) is 0 Å². The van der Waals surface area contributed by atoms with Gasteiger partial charge in [0.05, 0.1) is 18.9 Å². The number of anilines is 1. The van der Waals surface area contributed by atoms with Gasteiger partial charge in [-0.2, -0.15) is 0 Å². The Hall–Kier alpha value is -4.36. The summed E-state index contributed by atoms with van der Waals surface area (Å²) in [6.45, 7) is 4.78. The van der Waals surface area contributed by atoms with E-state index in [0.29, 0.717) is 55.6 Å². The monoisotopic (exact) mass is 708 g/mol. The lowest BCUT2D eigenvalue weighted by Crippen LogP contribution is -2.56. The molecule has 0 aliphatic carbocycles. The van der Waals surface area contributed by atoms with Crippen LogP contribution in [0.2, 0.25) is 0 Å². The molecule has 2 saturated heterocycles. The highest BCUT2D eigenvalue weighted by Gasteiger charge is 2.32. The van der Waals surface area contributed by atoms with Crippen molar-refractivity contribution in [2.45, 2.75) is 50.9 Å². The van der Waals surface area contributed by atoms with Gasteiger partial charge in [0.2, 0.25) is 5.91 Å². The minimum atomic E-state index is -4.26. The van der Waals surface area contributed by atoms with Crippen LogP contribution in [-0.2, 0) is 31.4 Å². The molecule has 2 aliphatic rings. The summed E-state index contributed by atoms with van der Waals surface area (Å²) >= 11 is 0. The average Bonchev–Trinajstić information content (AvgIpc) is 3.61. The molecule has 1 aromatic heterocycles. The quantitative estimate of drug-likeness (QED) is 0.175. The molecule has 50 heavy (non-hydrogen) atoms. The van der Waals surface area contributed by atoms with E-state index in [4.69, 9.17) is 14.5 Å². The molecular weight excluding hydrogens is 663 g/mol. The van der Waals surface area contributed by atoms with Gasteiger partial charge in [0.1, 0.15) is 17.6 Å². The molecule has 15 heteroatoms. The van der Waals surface area contributed by atoms with Crippen molar-refractivity contribution >= 4 is 31.3 Å². The molecule has 2 aromatic carbocycles. The summed E-state index contributed by atoms with van der Waals surface area (Å²) in [5, 5.41) is 2.92. The summed E-state index contributed by atoms with van der Waals surface area (Å²) in [7, 11) is -2.59. The van der Waals surface area contributed by atoms with Crippen molar-refractivity contribution in [1.29, 1.82) is 0 Å². The molecule has 2 fully saturated rings. The Labute approximate surface area is 291 Å². The number of amides is 3. The molecule has 3 heterocycles. The topological polar surface area (TPSA) is 175 Å². The first-order chi connectivity index (χ1) is 24.0. The molecular formula is C35H45N6O8P. The van der Waals surface area contributed by atoms with Crippen LogP contribution in [0.5, 0.6) is 0 Å². The van der Waals surface area contributed by atoms with Crippen LogP contribution in [0.25, 0.3) is 11.4 Å². The Bertz CT molecular complexity index is 1660. The smallest absolute Gasteiger partial charge is 0.409 e. The number of hydrogen-bond acceptors (Lipinski definition) is 9. The molecule has 0 spiro atoms. The number of piperazine rings is 1. The Morgan fingerprint density at radius 1 is 0.960 bits per heavy atom. The number of benzene rings is 2. The first-order valence-corrected chi connectivity index (χ1v) is 18.7. The van der Waals surface area contributed by atoms with E-state index in [9.17, 15) is 28.7 Å². The third-order valence-electron chi connectivity index (χ3n) is 8.81. The van der Waals surface area contributed by atoms with E-state index >= 15 is 0 Å². The minimum Gasteiger partial charge on any atom is -0.449 e. The SMILES string of the molecule is CCCCOC(=O)N1CCN(C(=O)[C@H](Cc2ccc(CP(=O)(O)O)cc2)NC(=O)c2cc(N3CC[C@H](OC)C3)nc(-c3ccccc3)n2)CC1. The maximum atomic E-state index is 14.1. The van der Waals surface area contributed by atoms with Crippen LogP contribution in [-0.4, -0.2) is 113 Å². The molecule has 5 rings (SSSR count). The molecule has 2 aliphatic heterocycles. The molecule has 14 nitrogen and oxygen atoms in total. The van der Waals surface area contributed by atoms with Gasteiger partial charge in [-0.1, -0.05) is 67.9 Å². The standard InChI is InChI=1S/C35H45N6O8P/c1-3-4-20-49-35(44)40-18-16-39(17-19-40)34(43)30(21-25-10-12-26(13-11-25)24-50(45,46)47)37-33(42)29-22-31(41-15-14-28(23-41)48-2)38-32(36-29)27-8-6-5-7-9-27/h5-13,22,28,30H,3-4,14-21,23-24H2,1-2H3,(H,37,42)(H2,45,46,47)/t28-,30-/m0/s1. The van der Waals surface area contributed by atoms with E-state index in [1.54, 1.807) is 47.2 Å². The van der Waals surface area contributed by atoms with Crippen LogP contribution in [0.15, 0.2) is 60.7 Å². The number of nitrogens with zero attached hydrogens (tertiary/aromatic N) is 5. The van der Waals surface area contributed by atoms with Crippen molar-refractivity contribution in [3.63, 3.8) is 0 Å². The van der Waals surface area contributed by atoms with Crippen LogP contribution in [0.1, 0.15) is 47.8 Å². The molecule has 0 saturated carbocycles. The maximum Gasteiger partial charge on any atom is 0.409 e. The number of carbonyl (C=O) groups excluding carboxylic acids is 3. The van der Waals surface area contributed by atoms with Gasteiger partial charge in [-0.15, -0.1) is 0 Å². The van der Waals surface area contributed by atoms with Crippen molar-refractivity contribution < 1.29 is 38.2 Å². The van der Waals surface area contributed by atoms with Gasteiger partial charge in [-0.05, 0) is 24.0 Å². The average molecular weight is 709 g/mol. The Kier molecular flexibility index (Phi) is 12.6. The predicted octanol–water partition coefficient (Wildman–Crippen LogP) is 3.47. The molecule has 0 unspecified atom stereocenters. The molecule has 268 valence electrons. The second kappa shape index (κ2) is 17.0. The zero-order valence-corrected chi connectivity index (χ0v) is 29.3. The third kappa shape index (κ3) is 10.1. The van der Waals surface area contributed by atoms with Gasteiger partial charge in [-0.3, -0.25) is 14.2 Å². The first-order valence-electron chi connectivity index (χ1n) is 16.9. The fourth-order valence-electron chi connectivity index (χ4n) is 5.97. The van der Waals surface area contributed by atoms with Crippen LogP contribution < -0.4 is 10.2 Å². The lowest BCUT2D eigenvalue weighted by molar-refractivity contribution is -0.134. The van der Waals surface area contributed by atoms with Gasteiger partial charge in [0, 0.05) is 64.4 Å². The number of aromatic nitrogens is 2. The number of hydrogen-bond donors (Lipinski definition) is 3. The van der Waals surface area contributed by atoms with Crippen LogP contribution >= 0.6 is 7.60 Å². The van der Waals surface area contributed by atoms with Crippen molar-refractivity contribution in [2.75, 3.05) is 57.9 Å². The fraction of sp³-hybridized carbons (Fsp3) is 0.457. The van der Waals surface area contributed by atoms with Gasteiger partial charge in [0.25, 0.3) is 5.91 Å². The summed E-state index contributed by atoms with van der Waals surface area (Å²) in [5.74, 6) is 0.0771. The second-order valence-corrected chi connectivity index (χ2v) is 14.2. The third-order valence-corrected chi connectivity index (χ3v) is 9.58. The van der Waals surface area contributed by atoms with E-state index in [1.807, 2.05) is 42.2 Å². The van der Waals surface area contributed by atoms with Crippen molar-refractivity contribution in [3.05, 3.63) is 77.5 Å². The molecule has 3 amide bonds. The molecule has 3 N–H and O–H groups in total. The van der Waals surface area contributed by atoms with Crippen LogP contribution in [0, 0.1) is 0 Å². The zero-order chi connectivity index (χ0) is 35.7. The van der Waals surface area contributed by atoms with Gasteiger partial charge >= 0.3 is 13.7 Å². The predicted molar refractivity (Wildman–Crippen MR) is 187 cm³/mol. The van der Waals surface area contributed by atoms with E-state index in [2.05, 4.69) is 10.3 Å². The van der Waals surface area contributed by atoms with Gasteiger partial charge in [0.15, 0.2) is 5.82 Å². The lowest BCUT2D eigenvalue weighted by atomic mass is 10.0. The number of nitrogens with one attached hydrogen (secondary N) is 1. The summed E-state index contributed by atoms with van der Waals surface area (Å²) in [4.78, 5) is 74.0. The Morgan fingerprint density at radius 3 is 2.28 bits per heavy atom. The zero-order valence-electron chi connectivity index (χ0n) is 28.4. The van der Waals surface area contributed by atoms with Crippen LogP contribution in [0.4, 0.5) is 10.6 Å². The number of unbranched alkanes of at least 4 members (excludes halogenated alkanes) is 1. The first kappa shape index (κ1) is 36.9. The lowest BCUT2D eigenvalue weighted by Gasteiger charge is -2.36. The summed E-state index contributed by atoms with van der Waals surface area (Å²) < 4.78 is 22.4. The molecule has 3 aromatic rings. The van der Waals surface area contributed by atoms with Gasteiger partial charge in [-0.25, -0.2) is 14.8 Å². The molecule has 0 radical (unpaired) electrons. The highest BCUT2D eigenvalue weighted by molar-refractivity contribution is 7.50. The van der Waals surface area contributed by atoms with Crippen molar-refractivity contribution in [3.8, 4) is 11.4 Å². The number of rotatable bonds is 13. The highest BCUT2D eigenvalue weighted by atomic mass is 31.2. The van der Waals surface area contributed by atoms with Crippen molar-refractivity contribution in [1.82, 2.24) is 25.1 Å². The summed E-state index contributed by atoms with van der Waals surface area (Å²) in [6.07, 6.45) is 1.84. The van der Waals surface area contributed by atoms with E-state index in [0.717, 1.165) is 24.8 Å². The molecule has 0 bridgehead atoms. The maximum absolute atomic E-state index is 14.1. The fourth-order valence-corrected chi connectivity index (χ4v) is 6.66. The number of ether oxygens (including phenoxy) is 2. The highest BCUT2D eigenvalue weighted by Crippen LogP contribution is 2.39. The summed E-state index contributed by atoms with van der Waals surface area (Å²) in [6, 6.07) is 16.6. The van der Waals surface area contributed by atoms with E-state index < -0.39 is 31.8 Å². The number of carbonyl (C=O) groups is 3. The Morgan fingerprint density at radius 2 is 1.64 bits per heavy atom. The van der Waals surface area contributed by atoms with E-state index in [1.165, 1.54) is 0 Å². The largest absolute Gasteiger partial charge is 0.449 e. The van der Waals surface area contributed by atoms with Crippen LogP contribution in [0.3, 0.4) is 0 Å².